The summed E-state index contributed by atoms with van der Waals surface area (Å²) < 4.78 is 13.8. The molecule has 0 saturated heterocycles. The van der Waals surface area contributed by atoms with Gasteiger partial charge in [0.25, 0.3) is 0 Å². The van der Waals surface area contributed by atoms with Crippen molar-refractivity contribution in [3.8, 4) is 0 Å². The number of carbonyl (C=O) groups excluding carboxylic acids is 1. The first-order valence-corrected chi connectivity index (χ1v) is 7.00. The molecule has 4 nitrogen and oxygen atoms in total. The van der Waals surface area contributed by atoms with E-state index in [-0.39, 0.29) is 17.3 Å². The number of nitrogens with zero attached hydrogens (tertiary/aromatic N) is 1. The van der Waals surface area contributed by atoms with Crippen LogP contribution in [-0.4, -0.2) is 10.9 Å². The van der Waals surface area contributed by atoms with Gasteiger partial charge in [-0.15, -0.1) is 11.3 Å². The predicted molar refractivity (Wildman–Crippen MR) is 78.5 cm³/mol. The lowest BCUT2D eigenvalue weighted by atomic mass is 10.1. The van der Waals surface area contributed by atoms with Crippen LogP contribution in [0.2, 0.25) is 0 Å². The van der Waals surface area contributed by atoms with Gasteiger partial charge in [0, 0.05) is 10.4 Å². The number of primary amides is 1. The molecule has 2 rings (SSSR count). The van der Waals surface area contributed by atoms with E-state index in [1.807, 2.05) is 20.8 Å². The predicted octanol–water partition coefficient (Wildman–Crippen LogP) is 3.17. The molecule has 1 amide bonds. The maximum Gasteiger partial charge on any atom is 0.248 e. The van der Waals surface area contributed by atoms with Crippen LogP contribution in [0.15, 0.2) is 18.2 Å². The highest BCUT2D eigenvalue weighted by atomic mass is 32.1. The lowest BCUT2D eigenvalue weighted by Gasteiger charge is -2.15. The van der Waals surface area contributed by atoms with Gasteiger partial charge in [0.1, 0.15) is 5.82 Å². The maximum atomic E-state index is 13.8. The van der Waals surface area contributed by atoms with Crippen LogP contribution >= 0.6 is 11.3 Å². The fourth-order valence-electron chi connectivity index (χ4n) is 2.04. The van der Waals surface area contributed by atoms with Crippen molar-refractivity contribution in [1.29, 1.82) is 0 Å². The minimum Gasteiger partial charge on any atom is -0.375 e. The number of nitrogens with one attached hydrogen (secondary N) is 1. The van der Waals surface area contributed by atoms with Crippen LogP contribution in [0.3, 0.4) is 0 Å². The zero-order chi connectivity index (χ0) is 14.9. The van der Waals surface area contributed by atoms with E-state index in [0.717, 1.165) is 15.6 Å². The van der Waals surface area contributed by atoms with Crippen LogP contribution in [0.1, 0.15) is 38.9 Å². The Morgan fingerprint density at radius 3 is 2.70 bits per heavy atom. The van der Waals surface area contributed by atoms with Gasteiger partial charge in [0.15, 0.2) is 0 Å². The highest BCUT2D eigenvalue weighted by Gasteiger charge is 2.15. The molecule has 1 aromatic carbocycles. The Kier molecular flexibility index (Phi) is 4.04. The number of halogens is 1. The maximum absolute atomic E-state index is 13.8. The number of nitrogens with two attached hydrogens (primary N) is 1. The van der Waals surface area contributed by atoms with E-state index in [1.54, 1.807) is 11.3 Å². The van der Waals surface area contributed by atoms with Gasteiger partial charge in [-0.25, -0.2) is 9.37 Å². The molecule has 0 aliphatic heterocycles. The molecule has 3 N–H and O–H groups in total. The molecule has 0 spiro atoms. The number of hydrogen-bond acceptors (Lipinski definition) is 4. The number of rotatable bonds is 4. The van der Waals surface area contributed by atoms with Gasteiger partial charge in [-0.2, -0.15) is 0 Å². The van der Waals surface area contributed by atoms with Crippen molar-refractivity contribution in [2.75, 3.05) is 5.32 Å². The molecule has 0 fully saturated rings. The van der Waals surface area contributed by atoms with Crippen LogP contribution in [-0.2, 0) is 0 Å². The lowest BCUT2D eigenvalue weighted by Crippen LogP contribution is -2.13. The van der Waals surface area contributed by atoms with Crippen molar-refractivity contribution >= 4 is 22.9 Å². The second-order valence-electron chi connectivity index (χ2n) is 4.61. The smallest absolute Gasteiger partial charge is 0.248 e. The van der Waals surface area contributed by atoms with Crippen LogP contribution in [0.5, 0.6) is 0 Å². The van der Waals surface area contributed by atoms with Gasteiger partial charge in [0.2, 0.25) is 5.91 Å². The SMILES string of the molecule is Cc1nc(C)c(C(C)Nc2cc(C(N)=O)ccc2F)s1. The van der Waals surface area contributed by atoms with Crippen LogP contribution in [0.25, 0.3) is 0 Å². The molecule has 1 heterocycles. The highest BCUT2D eigenvalue weighted by Crippen LogP contribution is 2.28. The number of hydrogen-bond donors (Lipinski definition) is 2. The molecular formula is C14H16FN3OS. The number of amides is 1. The minimum atomic E-state index is -0.578. The van der Waals surface area contributed by atoms with Crippen molar-refractivity contribution in [2.24, 2.45) is 5.73 Å². The molecule has 0 aliphatic carbocycles. The number of carbonyl (C=O) groups is 1. The molecule has 0 bridgehead atoms. The van der Waals surface area contributed by atoms with Crippen LogP contribution in [0, 0.1) is 19.7 Å². The van der Waals surface area contributed by atoms with Gasteiger partial charge in [0.05, 0.1) is 22.4 Å². The molecule has 6 heteroatoms. The Labute approximate surface area is 120 Å². The van der Waals surface area contributed by atoms with Crippen molar-refractivity contribution in [3.05, 3.63) is 45.2 Å². The van der Waals surface area contributed by atoms with Crippen LogP contribution in [0.4, 0.5) is 10.1 Å². The van der Waals surface area contributed by atoms with Crippen molar-refractivity contribution in [1.82, 2.24) is 4.98 Å². The lowest BCUT2D eigenvalue weighted by molar-refractivity contribution is 0.100. The molecule has 1 unspecified atom stereocenters. The number of aryl methyl sites for hydroxylation is 2. The van der Waals surface area contributed by atoms with Gasteiger partial charge < -0.3 is 11.1 Å². The monoisotopic (exact) mass is 293 g/mol. The normalized spacial score (nSPS) is 12.2. The number of aromatic nitrogens is 1. The summed E-state index contributed by atoms with van der Waals surface area (Å²) in [6, 6.07) is 3.94. The quantitative estimate of drug-likeness (QED) is 0.909. The first-order valence-electron chi connectivity index (χ1n) is 6.18. The Hall–Kier alpha value is -1.95. The molecule has 20 heavy (non-hydrogen) atoms. The van der Waals surface area contributed by atoms with E-state index in [4.69, 9.17) is 5.73 Å². The fourth-order valence-corrected chi connectivity index (χ4v) is 2.97. The summed E-state index contributed by atoms with van der Waals surface area (Å²) >= 11 is 1.57. The number of thiazole rings is 1. The van der Waals surface area contributed by atoms with E-state index in [2.05, 4.69) is 10.3 Å². The third-order valence-corrected chi connectivity index (χ3v) is 4.21. The third-order valence-electron chi connectivity index (χ3n) is 2.96. The summed E-state index contributed by atoms with van der Waals surface area (Å²) in [5.41, 5.74) is 6.67. The Bertz CT molecular complexity index is 654. The zero-order valence-corrected chi connectivity index (χ0v) is 12.3. The third kappa shape index (κ3) is 2.96. The fraction of sp³-hybridized carbons (Fsp3) is 0.286. The largest absolute Gasteiger partial charge is 0.375 e. The molecule has 0 saturated carbocycles. The topological polar surface area (TPSA) is 68.0 Å². The van der Waals surface area contributed by atoms with Gasteiger partial charge >= 0.3 is 0 Å². The zero-order valence-electron chi connectivity index (χ0n) is 11.5. The Balaban J connectivity index is 2.27. The summed E-state index contributed by atoms with van der Waals surface area (Å²) in [5.74, 6) is -0.994. The Morgan fingerprint density at radius 2 is 2.15 bits per heavy atom. The number of benzene rings is 1. The molecule has 0 radical (unpaired) electrons. The summed E-state index contributed by atoms with van der Waals surface area (Å²) in [4.78, 5) is 16.5. The Morgan fingerprint density at radius 1 is 1.45 bits per heavy atom. The molecular weight excluding hydrogens is 277 g/mol. The molecule has 106 valence electrons. The summed E-state index contributed by atoms with van der Waals surface area (Å²) in [5, 5.41) is 4.03. The molecule has 0 aliphatic rings. The summed E-state index contributed by atoms with van der Waals surface area (Å²) in [6.45, 7) is 5.78. The molecule has 2 aromatic rings. The summed E-state index contributed by atoms with van der Waals surface area (Å²) in [7, 11) is 0. The van der Waals surface area contributed by atoms with E-state index in [0.29, 0.717) is 0 Å². The number of anilines is 1. The molecule has 1 aromatic heterocycles. The first kappa shape index (κ1) is 14.5. The van der Waals surface area contributed by atoms with E-state index in [1.165, 1.54) is 18.2 Å². The standard InChI is InChI=1S/C14H16FN3OS/c1-7-13(20-9(3)17-7)8(2)18-12-6-10(14(16)19)4-5-11(12)15/h4-6,8,18H,1-3H3,(H2,16,19). The first-order chi connectivity index (χ1) is 9.38. The minimum absolute atomic E-state index is 0.0983. The highest BCUT2D eigenvalue weighted by molar-refractivity contribution is 7.11. The second-order valence-corrected chi connectivity index (χ2v) is 5.84. The van der Waals surface area contributed by atoms with Crippen molar-refractivity contribution < 1.29 is 9.18 Å². The average Bonchev–Trinajstić information content (AvgIpc) is 2.71. The van der Waals surface area contributed by atoms with Crippen LogP contribution < -0.4 is 11.1 Å². The van der Waals surface area contributed by atoms with Crippen molar-refractivity contribution in [3.63, 3.8) is 0 Å². The van der Waals surface area contributed by atoms with Crippen molar-refractivity contribution in [2.45, 2.75) is 26.8 Å². The second kappa shape index (κ2) is 5.58. The summed E-state index contributed by atoms with van der Waals surface area (Å²) in [6.07, 6.45) is 0. The van der Waals surface area contributed by atoms with Gasteiger partial charge in [-0.1, -0.05) is 0 Å². The molecule has 1 atom stereocenters. The van der Waals surface area contributed by atoms with E-state index in [9.17, 15) is 9.18 Å². The van der Waals surface area contributed by atoms with Gasteiger partial charge in [-0.05, 0) is 39.0 Å². The van der Waals surface area contributed by atoms with E-state index >= 15 is 0 Å². The van der Waals surface area contributed by atoms with Gasteiger partial charge in [-0.3, -0.25) is 4.79 Å². The average molecular weight is 293 g/mol. The van der Waals surface area contributed by atoms with E-state index < -0.39 is 11.7 Å².